The summed E-state index contributed by atoms with van der Waals surface area (Å²) in [5, 5.41) is 15.5. The molecule has 194 valence electrons. The average molecular weight is 492 g/mol. The van der Waals surface area contributed by atoms with Crippen molar-refractivity contribution >= 4 is 5.91 Å². The molecule has 2 aliphatic carbocycles. The van der Waals surface area contributed by atoms with Gasteiger partial charge in [-0.05, 0) is 87.3 Å². The highest BCUT2D eigenvalue weighted by atomic mass is 16.2. The topological polar surface area (TPSA) is 104 Å². The van der Waals surface area contributed by atoms with E-state index in [9.17, 15) is 4.79 Å². The maximum atomic E-state index is 12.6. The van der Waals surface area contributed by atoms with Gasteiger partial charge >= 0.3 is 0 Å². The maximum Gasteiger partial charge on any atom is 0.253 e. The van der Waals surface area contributed by atoms with Gasteiger partial charge < -0.3 is 15.5 Å². The van der Waals surface area contributed by atoms with Gasteiger partial charge in [-0.1, -0.05) is 29.5 Å². The van der Waals surface area contributed by atoms with E-state index in [1.807, 2.05) is 45.0 Å². The van der Waals surface area contributed by atoms with Crippen LogP contribution < -0.4 is 5.73 Å². The Labute approximate surface area is 215 Å². The normalized spacial score (nSPS) is 19.6. The number of hydrogen-bond donors (Lipinski definition) is 2. The van der Waals surface area contributed by atoms with Crippen molar-refractivity contribution in [3.05, 3.63) is 75.8 Å². The van der Waals surface area contributed by atoms with Gasteiger partial charge in [-0.3, -0.25) is 4.79 Å². The summed E-state index contributed by atoms with van der Waals surface area (Å²) in [6.07, 6.45) is 6.78. The molecule has 1 aromatic heterocycles. The summed E-state index contributed by atoms with van der Waals surface area (Å²) in [5.41, 5.74) is 14.1. The minimum atomic E-state index is -0.542. The van der Waals surface area contributed by atoms with Crippen molar-refractivity contribution in [2.45, 2.75) is 64.3 Å². The standard InChI is InChI=1S/C23H30N6O.C5H11N/c1-14-5-9-19-16(11-14)6-7-17-12-18(21(30)29(3)4)8-10-20(17)23(19,13-15(2)24)22-25-27-28-26-22;1-5(2)6(3)4/h8,10-12,15H,5-7,9,13,24H2,1-4H3,(H,25,26,27,28);1H2,2-4H3/t15-,23?;/m1./s1. The minimum Gasteiger partial charge on any atom is -0.382 e. The Bertz CT molecular complexity index is 1160. The van der Waals surface area contributed by atoms with Crippen LogP contribution in [0.4, 0.5) is 0 Å². The molecule has 0 fully saturated rings. The second-order valence-corrected chi connectivity index (χ2v) is 10.5. The number of carbonyl (C=O) groups is 1. The molecule has 1 unspecified atom stereocenters. The van der Waals surface area contributed by atoms with Gasteiger partial charge in [-0.15, -0.1) is 10.2 Å². The third kappa shape index (κ3) is 5.59. The lowest BCUT2D eigenvalue weighted by Crippen LogP contribution is -2.39. The van der Waals surface area contributed by atoms with Gasteiger partial charge in [0.15, 0.2) is 5.82 Å². The lowest BCUT2D eigenvalue weighted by Gasteiger charge is -2.38. The molecule has 1 amide bonds. The fourth-order valence-electron chi connectivity index (χ4n) is 5.10. The highest BCUT2D eigenvalue weighted by Crippen LogP contribution is 2.50. The number of benzene rings is 1. The quantitative estimate of drug-likeness (QED) is 0.655. The van der Waals surface area contributed by atoms with Crippen molar-refractivity contribution < 1.29 is 4.79 Å². The number of hydrogen-bond acceptors (Lipinski definition) is 6. The Balaban J connectivity index is 0.000000538. The van der Waals surface area contributed by atoms with Crippen molar-refractivity contribution in [2.75, 3.05) is 28.2 Å². The maximum absolute atomic E-state index is 12.6. The summed E-state index contributed by atoms with van der Waals surface area (Å²) in [7, 11) is 7.51. The predicted octanol–water partition coefficient (Wildman–Crippen LogP) is 3.99. The number of H-pyrrole nitrogens is 1. The van der Waals surface area contributed by atoms with E-state index in [1.54, 1.807) is 19.0 Å². The fourth-order valence-corrected chi connectivity index (χ4v) is 5.10. The molecule has 8 heteroatoms. The molecule has 0 radical (unpaired) electrons. The number of carbonyl (C=O) groups excluding carboxylic acids is 1. The number of nitrogens with two attached hydrogens (primary N) is 1. The summed E-state index contributed by atoms with van der Waals surface area (Å²) < 4.78 is 0. The molecular weight excluding hydrogens is 450 g/mol. The molecular formula is C28H41N7O. The van der Waals surface area contributed by atoms with E-state index in [0.29, 0.717) is 17.8 Å². The van der Waals surface area contributed by atoms with Gasteiger partial charge in [0.2, 0.25) is 0 Å². The minimum absolute atomic E-state index is 0.00728. The van der Waals surface area contributed by atoms with E-state index in [4.69, 9.17) is 5.73 Å². The molecule has 8 nitrogen and oxygen atoms in total. The van der Waals surface area contributed by atoms with E-state index in [2.05, 4.69) is 46.3 Å². The summed E-state index contributed by atoms with van der Waals surface area (Å²) in [5.74, 6) is 0.669. The molecule has 2 aliphatic rings. The zero-order valence-corrected chi connectivity index (χ0v) is 22.9. The number of fused-ring (bicyclic) bond motifs is 1. The van der Waals surface area contributed by atoms with E-state index in [-0.39, 0.29) is 11.9 Å². The first-order valence-corrected chi connectivity index (χ1v) is 12.5. The van der Waals surface area contributed by atoms with E-state index in [0.717, 1.165) is 42.5 Å². The van der Waals surface area contributed by atoms with Crippen LogP contribution in [0.15, 0.2) is 53.3 Å². The van der Waals surface area contributed by atoms with Crippen LogP contribution >= 0.6 is 0 Å². The highest BCUT2D eigenvalue weighted by Gasteiger charge is 2.46. The number of nitrogens with zero attached hydrogens (tertiary/aromatic N) is 5. The number of nitrogens with one attached hydrogen (secondary N) is 1. The van der Waals surface area contributed by atoms with E-state index < -0.39 is 5.41 Å². The van der Waals surface area contributed by atoms with E-state index in [1.165, 1.54) is 16.7 Å². The lowest BCUT2D eigenvalue weighted by atomic mass is 9.65. The predicted molar refractivity (Wildman–Crippen MR) is 145 cm³/mol. The monoisotopic (exact) mass is 491 g/mol. The van der Waals surface area contributed by atoms with Gasteiger partial charge in [0.25, 0.3) is 5.91 Å². The number of rotatable bonds is 5. The summed E-state index contributed by atoms with van der Waals surface area (Å²) in [6, 6.07) is 6.00. The highest BCUT2D eigenvalue weighted by molar-refractivity contribution is 5.94. The smallest absolute Gasteiger partial charge is 0.253 e. The van der Waals surface area contributed by atoms with Gasteiger partial charge in [-0.2, -0.15) is 5.21 Å². The number of amides is 1. The third-order valence-electron chi connectivity index (χ3n) is 7.09. The van der Waals surface area contributed by atoms with Gasteiger partial charge in [0.05, 0.1) is 5.41 Å². The SMILES string of the molecule is C=C(C)N(C)C.CC1=CC2=C(CC1)C(C[C@@H](C)N)(c1nn[nH]n1)c1ccc(C(=O)N(C)C)cc1CC2. The Morgan fingerprint density at radius 1 is 1.17 bits per heavy atom. The molecule has 3 N–H and O–H groups in total. The van der Waals surface area contributed by atoms with E-state index >= 15 is 0 Å². The van der Waals surface area contributed by atoms with Crippen molar-refractivity contribution in [3.8, 4) is 0 Å². The first-order valence-electron chi connectivity index (χ1n) is 12.5. The first kappa shape index (κ1) is 27.3. The number of aromatic amines is 1. The fraction of sp³-hybridized carbons (Fsp3) is 0.500. The number of aromatic nitrogens is 4. The third-order valence-corrected chi connectivity index (χ3v) is 7.09. The van der Waals surface area contributed by atoms with Gasteiger partial charge in [0.1, 0.15) is 0 Å². The van der Waals surface area contributed by atoms with Crippen LogP contribution in [0.1, 0.15) is 73.8 Å². The number of tetrazole rings is 1. The molecule has 0 aliphatic heterocycles. The van der Waals surface area contributed by atoms with Crippen molar-refractivity contribution in [1.29, 1.82) is 0 Å². The molecule has 0 saturated heterocycles. The van der Waals surface area contributed by atoms with Gasteiger partial charge in [0, 0.05) is 45.5 Å². The molecule has 36 heavy (non-hydrogen) atoms. The van der Waals surface area contributed by atoms with Crippen LogP contribution in [0.5, 0.6) is 0 Å². The molecule has 4 rings (SSSR count). The zero-order chi connectivity index (χ0) is 26.6. The van der Waals surface area contributed by atoms with Crippen LogP contribution in [-0.2, 0) is 11.8 Å². The Kier molecular flexibility index (Phi) is 8.51. The van der Waals surface area contributed by atoms with Crippen LogP contribution in [0.3, 0.4) is 0 Å². The second-order valence-electron chi connectivity index (χ2n) is 10.5. The number of aryl methyl sites for hydroxylation is 1. The zero-order valence-electron chi connectivity index (χ0n) is 22.9. The van der Waals surface area contributed by atoms with Crippen LogP contribution in [0, 0.1) is 0 Å². The average Bonchev–Trinajstić information content (AvgIpc) is 3.32. The van der Waals surface area contributed by atoms with Crippen molar-refractivity contribution in [3.63, 3.8) is 0 Å². The summed E-state index contributed by atoms with van der Waals surface area (Å²) in [6.45, 7) is 9.87. The molecule has 0 bridgehead atoms. The Hall–Kier alpha value is -3.26. The molecule has 0 spiro atoms. The molecule has 2 aromatic rings. The first-order chi connectivity index (χ1) is 17.0. The van der Waals surface area contributed by atoms with Crippen molar-refractivity contribution in [2.24, 2.45) is 5.73 Å². The lowest BCUT2D eigenvalue weighted by molar-refractivity contribution is 0.0827. The van der Waals surface area contributed by atoms with Crippen LogP contribution in [0.2, 0.25) is 0 Å². The van der Waals surface area contributed by atoms with Crippen molar-refractivity contribution in [1.82, 2.24) is 30.4 Å². The largest absolute Gasteiger partial charge is 0.382 e. The Morgan fingerprint density at radius 3 is 2.42 bits per heavy atom. The Morgan fingerprint density at radius 2 is 1.86 bits per heavy atom. The summed E-state index contributed by atoms with van der Waals surface area (Å²) >= 11 is 0. The number of allylic oxidation sites excluding steroid dienone is 5. The van der Waals surface area contributed by atoms with Crippen LogP contribution in [0.25, 0.3) is 0 Å². The second kappa shape index (κ2) is 11.2. The molecule has 2 atom stereocenters. The molecule has 0 saturated carbocycles. The molecule has 1 aromatic carbocycles. The molecule has 1 heterocycles. The summed E-state index contributed by atoms with van der Waals surface area (Å²) in [4.78, 5) is 16.2. The van der Waals surface area contributed by atoms with Crippen LogP contribution in [-0.4, -0.2) is 70.6 Å². The van der Waals surface area contributed by atoms with Gasteiger partial charge in [-0.25, -0.2) is 0 Å².